The summed E-state index contributed by atoms with van der Waals surface area (Å²) >= 11 is 0. The number of carbonyl (C=O) groups excluding carboxylic acids is 2. The van der Waals surface area contributed by atoms with Gasteiger partial charge in [0.15, 0.2) is 0 Å². The Hall–Kier alpha value is -3.79. The van der Waals surface area contributed by atoms with E-state index in [-0.39, 0.29) is 23.0 Å². The molecule has 0 radical (unpaired) electrons. The number of amides is 2. The molecule has 4 heterocycles. The van der Waals surface area contributed by atoms with Crippen molar-refractivity contribution in [2.75, 3.05) is 18.9 Å². The summed E-state index contributed by atoms with van der Waals surface area (Å²) in [6.45, 7) is 11.7. The molecule has 4 N–H and O–H groups in total. The van der Waals surface area contributed by atoms with Gasteiger partial charge in [0.25, 0.3) is 0 Å². The highest BCUT2D eigenvalue weighted by Crippen LogP contribution is 2.37. The number of hydrogen-bond acceptors (Lipinski definition) is 7. The van der Waals surface area contributed by atoms with E-state index in [4.69, 9.17) is 5.41 Å². The van der Waals surface area contributed by atoms with Crippen LogP contribution in [0, 0.1) is 11.3 Å². The molecule has 2 aromatic heterocycles. The Labute approximate surface area is 241 Å². The third-order valence-corrected chi connectivity index (χ3v) is 9.12. The van der Waals surface area contributed by atoms with E-state index in [0.29, 0.717) is 29.5 Å². The van der Waals surface area contributed by atoms with Crippen molar-refractivity contribution in [3.63, 3.8) is 0 Å². The van der Waals surface area contributed by atoms with Gasteiger partial charge < -0.3 is 20.9 Å². The summed E-state index contributed by atoms with van der Waals surface area (Å²) in [6, 6.07) is 0.0386. The van der Waals surface area contributed by atoms with E-state index in [1.165, 1.54) is 6.20 Å². The predicted octanol–water partition coefficient (Wildman–Crippen LogP) is 4.16. The quantitative estimate of drug-likeness (QED) is 0.417. The zero-order valence-electron chi connectivity index (χ0n) is 24.9. The number of aromatic nitrogens is 3. The SMILES string of the molecule is C[C@H]1CC[C@H](C2=CC(=N)/C(=C\NC3CC(C)(C)N(C)C(C)(C)C3)C=C2)N(C(=O)C(=O)Nc2cncc3cn[nH]c23)C1. The Kier molecular flexibility index (Phi) is 7.63. The number of carbonyl (C=O) groups is 2. The van der Waals surface area contributed by atoms with Crippen molar-refractivity contribution in [2.45, 2.75) is 83.5 Å². The largest absolute Gasteiger partial charge is 0.387 e. The third kappa shape index (κ3) is 5.84. The number of H-pyrrole nitrogens is 1. The first-order valence-electron chi connectivity index (χ1n) is 14.4. The molecule has 2 aromatic rings. The molecule has 2 aliphatic heterocycles. The number of nitrogens with zero attached hydrogens (tertiary/aromatic N) is 4. The molecule has 10 nitrogen and oxygen atoms in total. The summed E-state index contributed by atoms with van der Waals surface area (Å²) in [5.74, 6) is -1.03. The average Bonchev–Trinajstić information content (AvgIpc) is 3.40. The summed E-state index contributed by atoms with van der Waals surface area (Å²) in [5.41, 5.74) is 3.26. The van der Waals surface area contributed by atoms with Crippen LogP contribution < -0.4 is 10.6 Å². The van der Waals surface area contributed by atoms with Crippen LogP contribution in [0.5, 0.6) is 0 Å². The lowest BCUT2D eigenvalue weighted by Gasteiger charge is -2.53. The fraction of sp³-hybridized carbons (Fsp3) is 0.516. The van der Waals surface area contributed by atoms with Gasteiger partial charge in [0.05, 0.1) is 35.4 Å². The molecule has 41 heavy (non-hydrogen) atoms. The van der Waals surface area contributed by atoms with Gasteiger partial charge in [-0.2, -0.15) is 5.10 Å². The van der Waals surface area contributed by atoms with Crippen LogP contribution in [-0.4, -0.2) is 79.3 Å². The van der Waals surface area contributed by atoms with E-state index in [9.17, 15) is 9.59 Å². The van der Waals surface area contributed by atoms with Crippen LogP contribution in [0.1, 0.15) is 60.3 Å². The van der Waals surface area contributed by atoms with Gasteiger partial charge in [0.2, 0.25) is 0 Å². The number of piperidine rings is 2. The molecule has 2 amide bonds. The topological polar surface area (TPSA) is 130 Å². The summed E-state index contributed by atoms with van der Waals surface area (Å²) in [6.07, 6.45) is 16.2. The van der Waals surface area contributed by atoms with Gasteiger partial charge in [0, 0.05) is 47.0 Å². The Bertz CT molecular complexity index is 1430. The molecular weight excluding hydrogens is 516 g/mol. The van der Waals surface area contributed by atoms with E-state index in [1.54, 1.807) is 17.3 Å². The fourth-order valence-electron chi connectivity index (χ4n) is 6.59. The Morgan fingerprint density at radius 1 is 1.10 bits per heavy atom. The molecule has 0 saturated carbocycles. The Balaban J connectivity index is 1.28. The van der Waals surface area contributed by atoms with Gasteiger partial charge in [-0.1, -0.05) is 19.1 Å². The van der Waals surface area contributed by atoms with E-state index >= 15 is 0 Å². The number of aromatic amines is 1. The molecule has 5 rings (SSSR count). The number of nitrogens with one attached hydrogen (secondary N) is 4. The second-order valence-electron chi connectivity index (χ2n) is 13.1. The van der Waals surface area contributed by atoms with Crippen LogP contribution in [0.4, 0.5) is 5.69 Å². The molecule has 3 aliphatic rings. The van der Waals surface area contributed by atoms with Crippen LogP contribution in [0.25, 0.3) is 10.9 Å². The number of pyridine rings is 1. The fourth-order valence-corrected chi connectivity index (χ4v) is 6.59. The lowest BCUT2D eigenvalue weighted by atomic mass is 9.77. The summed E-state index contributed by atoms with van der Waals surface area (Å²) in [7, 11) is 2.20. The third-order valence-electron chi connectivity index (χ3n) is 9.12. The van der Waals surface area contributed by atoms with E-state index in [2.05, 4.69) is 72.4 Å². The molecule has 10 heteroatoms. The van der Waals surface area contributed by atoms with Crippen LogP contribution in [0.3, 0.4) is 0 Å². The number of anilines is 1. The van der Waals surface area contributed by atoms with E-state index in [1.807, 2.05) is 24.4 Å². The highest BCUT2D eigenvalue weighted by Gasteiger charge is 2.43. The monoisotopic (exact) mass is 558 g/mol. The minimum Gasteiger partial charge on any atom is -0.387 e. The molecule has 2 fully saturated rings. The minimum atomic E-state index is -0.711. The molecule has 2 atom stereocenters. The van der Waals surface area contributed by atoms with Crippen LogP contribution in [0.15, 0.2) is 54.2 Å². The molecule has 0 bridgehead atoms. The molecular formula is C31H42N8O2. The van der Waals surface area contributed by atoms with Crippen molar-refractivity contribution in [1.82, 2.24) is 30.3 Å². The minimum absolute atomic E-state index is 0.0721. The van der Waals surface area contributed by atoms with Gasteiger partial charge in [-0.15, -0.1) is 0 Å². The van der Waals surface area contributed by atoms with E-state index in [0.717, 1.165) is 42.2 Å². The molecule has 2 saturated heterocycles. The van der Waals surface area contributed by atoms with Crippen molar-refractivity contribution < 1.29 is 9.59 Å². The highest BCUT2D eigenvalue weighted by molar-refractivity contribution is 6.40. The first-order valence-corrected chi connectivity index (χ1v) is 14.4. The van der Waals surface area contributed by atoms with Gasteiger partial charge in [-0.3, -0.25) is 24.6 Å². The van der Waals surface area contributed by atoms with Gasteiger partial charge in [-0.25, -0.2) is 0 Å². The van der Waals surface area contributed by atoms with Gasteiger partial charge in [0.1, 0.15) is 0 Å². The van der Waals surface area contributed by atoms with Gasteiger partial charge in [-0.05, 0) is 78.0 Å². The molecule has 218 valence electrons. The smallest absolute Gasteiger partial charge is 0.314 e. The zero-order valence-corrected chi connectivity index (χ0v) is 24.9. The maximum absolute atomic E-state index is 13.5. The maximum Gasteiger partial charge on any atom is 0.314 e. The van der Waals surface area contributed by atoms with Gasteiger partial charge >= 0.3 is 11.8 Å². The number of fused-ring (bicyclic) bond motifs is 1. The van der Waals surface area contributed by atoms with Crippen LogP contribution >= 0.6 is 0 Å². The molecule has 0 spiro atoms. The first-order chi connectivity index (χ1) is 19.4. The highest BCUT2D eigenvalue weighted by atomic mass is 16.2. The number of allylic oxidation sites excluding steroid dienone is 3. The Morgan fingerprint density at radius 3 is 2.54 bits per heavy atom. The number of likely N-dealkylation sites (tertiary alicyclic amines) is 2. The van der Waals surface area contributed by atoms with Crippen molar-refractivity contribution >= 4 is 34.1 Å². The predicted molar refractivity (Wildman–Crippen MR) is 162 cm³/mol. The summed E-state index contributed by atoms with van der Waals surface area (Å²) in [5, 5.41) is 22.7. The average molecular weight is 559 g/mol. The molecule has 0 unspecified atom stereocenters. The van der Waals surface area contributed by atoms with Crippen molar-refractivity contribution in [3.05, 3.63) is 54.2 Å². The summed E-state index contributed by atoms with van der Waals surface area (Å²) < 4.78 is 0. The zero-order chi connectivity index (χ0) is 29.5. The maximum atomic E-state index is 13.5. The number of hydrogen-bond donors (Lipinski definition) is 4. The normalized spacial score (nSPS) is 25.8. The molecule has 1 aliphatic carbocycles. The second kappa shape index (κ2) is 10.9. The standard InChI is InChI=1S/C31H42N8O2/c1-19-7-10-26(39(18-19)29(41)28(40)36-25-17-33-14-22-16-35-37-27(22)25)20-8-9-21(24(32)11-20)15-34-23-12-30(2,3)38(6)31(4,5)13-23/h8-9,11,14-17,19,23,26,32,34H,7,10,12-13,18H2,1-6H3,(H,35,37)(H,36,40)/b21-15-,32-24?/t19-,26+/m0/s1. The second-order valence-corrected chi connectivity index (χ2v) is 13.1. The molecule has 0 aromatic carbocycles. The summed E-state index contributed by atoms with van der Waals surface area (Å²) in [4.78, 5) is 34.8. The van der Waals surface area contributed by atoms with E-state index < -0.39 is 11.8 Å². The van der Waals surface area contributed by atoms with Crippen molar-refractivity contribution in [2.24, 2.45) is 5.92 Å². The van der Waals surface area contributed by atoms with Crippen molar-refractivity contribution in [3.8, 4) is 0 Å². The van der Waals surface area contributed by atoms with Crippen molar-refractivity contribution in [1.29, 1.82) is 5.41 Å². The first kappa shape index (κ1) is 28.7. The van der Waals surface area contributed by atoms with Crippen LogP contribution in [-0.2, 0) is 9.59 Å². The lowest BCUT2D eigenvalue weighted by molar-refractivity contribution is -0.145. The van der Waals surface area contributed by atoms with Crippen LogP contribution in [0.2, 0.25) is 0 Å². The lowest BCUT2D eigenvalue weighted by Crippen LogP contribution is -2.61. The number of rotatable bonds is 4. The Morgan fingerprint density at radius 2 is 1.83 bits per heavy atom.